The smallest absolute Gasteiger partial charge is 0.0673 e. The lowest BCUT2D eigenvalue weighted by molar-refractivity contribution is 0.730. The molecule has 0 N–H and O–H groups in total. The summed E-state index contributed by atoms with van der Waals surface area (Å²) in [6.45, 7) is 6.73. The molecule has 0 saturated carbocycles. The largest absolute Gasteiger partial charge is 0.257 e. The summed E-state index contributed by atoms with van der Waals surface area (Å²) in [6.07, 6.45) is 0. The van der Waals surface area contributed by atoms with Gasteiger partial charge in [-0.05, 0) is 35.2 Å². The van der Waals surface area contributed by atoms with Crippen molar-refractivity contribution in [3.63, 3.8) is 0 Å². The first-order valence-electron chi connectivity index (χ1n) is 6.88. The van der Waals surface area contributed by atoms with Crippen LogP contribution >= 0.6 is 0 Å². The molecule has 1 nitrogen and oxygen atoms in total. The number of hydrogen-bond donors (Lipinski definition) is 0. The maximum absolute atomic E-state index is 4.74. The fourth-order valence-electron chi connectivity index (χ4n) is 3.35. The van der Waals surface area contributed by atoms with Crippen molar-refractivity contribution < 1.29 is 0 Å². The second kappa shape index (κ2) is 3.36. The molecule has 0 amide bonds. The van der Waals surface area contributed by atoms with Crippen LogP contribution in [0.4, 0.5) is 5.69 Å². The maximum Gasteiger partial charge on any atom is 0.0673 e. The highest BCUT2D eigenvalue weighted by Crippen LogP contribution is 2.57. The summed E-state index contributed by atoms with van der Waals surface area (Å²) < 4.78 is 0. The molecule has 2 aliphatic rings. The molecule has 1 heterocycles. The van der Waals surface area contributed by atoms with Crippen LogP contribution in [0.15, 0.2) is 47.5 Å². The van der Waals surface area contributed by atoms with Crippen LogP contribution < -0.4 is 0 Å². The molecule has 1 aliphatic carbocycles. The summed E-state index contributed by atoms with van der Waals surface area (Å²) >= 11 is 0. The summed E-state index contributed by atoms with van der Waals surface area (Å²) in [7, 11) is 0. The lowest BCUT2D eigenvalue weighted by Crippen LogP contribution is -2.23. The van der Waals surface area contributed by atoms with Gasteiger partial charge < -0.3 is 0 Å². The summed E-state index contributed by atoms with van der Waals surface area (Å²) in [5.41, 5.74) is 8.37. The third-order valence-corrected chi connectivity index (χ3v) is 4.72. The SMILES string of the molecule is CC1=Nc2ccc3c(c2C1(C)C)C3c1ccccc1. The van der Waals surface area contributed by atoms with E-state index in [1.807, 2.05) is 0 Å². The molecule has 19 heavy (non-hydrogen) atoms. The monoisotopic (exact) mass is 247 g/mol. The Hall–Kier alpha value is -1.89. The van der Waals surface area contributed by atoms with Crippen LogP contribution in [0, 0.1) is 0 Å². The van der Waals surface area contributed by atoms with Crippen LogP contribution in [0.5, 0.6) is 0 Å². The van der Waals surface area contributed by atoms with E-state index in [1.54, 1.807) is 0 Å². The topological polar surface area (TPSA) is 12.4 Å². The van der Waals surface area contributed by atoms with Gasteiger partial charge in [-0.25, -0.2) is 0 Å². The van der Waals surface area contributed by atoms with E-state index in [9.17, 15) is 0 Å². The van der Waals surface area contributed by atoms with Crippen LogP contribution in [0.2, 0.25) is 0 Å². The fourth-order valence-corrected chi connectivity index (χ4v) is 3.35. The van der Waals surface area contributed by atoms with Gasteiger partial charge >= 0.3 is 0 Å². The van der Waals surface area contributed by atoms with Crippen molar-refractivity contribution >= 4 is 11.4 Å². The number of fused-ring (bicyclic) bond motifs is 3. The highest BCUT2D eigenvalue weighted by molar-refractivity contribution is 6.01. The van der Waals surface area contributed by atoms with Gasteiger partial charge in [-0.3, -0.25) is 4.99 Å². The van der Waals surface area contributed by atoms with E-state index in [2.05, 4.69) is 63.2 Å². The molecule has 0 saturated heterocycles. The Morgan fingerprint density at radius 3 is 2.47 bits per heavy atom. The number of hydrogen-bond acceptors (Lipinski definition) is 1. The molecule has 0 radical (unpaired) electrons. The van der Waals surface area contributed by atoms with E-state index < -0.39 is 0 Å². The van der Waals surface area contributed by atoms with Crippen LogP contribution in [-0.2, 0) is 5.41 Å². The Bertz CT molecular complexity index is 708. The molecule has 0 aromatic heterocycles. The first-order chi connectivity index (χ1) is 9.10. The zero-order valence-corrected chi connectivity index (χ0v) is 11.6. The van der Waals surface area contributed by atoms with E-state index in [1.165, 1.54) is 33.7 Å². The Morgan fingerprint density at radius 2 is 1.74 bits per heavy atom. The zero-order valence-electron chi connectivity index (χ0n) is 11.6. The van der Waals surface area contributed by atoms with Gasteiger partial charge in [0, 0.05) is 17.0 Å². The lowest BCUT2D eigenvalue weighted by Gasteiger charge is -2.20. The Kier molecular flexibility index (Phi) is 1.94. The van der Waals surface area contributed by atoms with Gasteiger partial charge in [0.2, 0.25) is 0 Å². The molecule has 0 fully saturated rings. The summed E-state index contributed by atoms with van der Waals surface area (Å²) in [5.74, 6) is 0.505. The van der Waals surface area contributed by atoms with Gasteiger partial charge in [-0.2, -0.15) is 0 Å². The third kappa shape index (κ3) is 1.33. The summed E-state index contributed by atoms with van der Waals surface area (Å²) in [4.78, 5) is 4.74. The van der Waals surface area contributed by atoms with Crippen molar-refractivity contribution in [2.45, 2.75) is 32.1 Å². The maximum atomic E-state index is 4.74. The van der Waals surface area contributed by atoms with Gasteiger partial charge in [0.25, 0.3) is 0 Å². The predicted octanol–water partition coefficient (Wildman–Crippen LogP) is 4.56. The van der Waals surface area contributed by atoms with Crippen molar-refractivity contribution in [2.24, 2.45) is 4.99 Å². The molecular formula is C18H17N. The summed E-state index contributed by atoms with van der Waals surface area (Å²) in [5, 5.41) is 0. The van der Waals surface area contributed by atoms with E-state index in [0.29, 0.717) is 5.92 Å². The minimum Gasteiger partial charge on any atom is -0.257 e. The van der Waals surface area contributed by atoms with E-state index in [-0.39, 0.29) is 5.41 Å². The quantitative estimate of drug-likeness (QED) is 0.597. The van der Waals surface area contributed by atoms with E-state index in [4.69, 9.17) is 4.99 Å². The first-order valence-corrected chi connectivity index (χ1v) is 6.88. The van der Waals surface area contributed by atoms with Crippen LogP contribution in [0.1, 0.15) is 48.9 Å². The molecule has 1 aliphatic heterocycles. The van der Waals surface area contributed by atoms with Crippen LogP contribution in [0.25, 0.3) is 0 Å². The first kappa shape index (κ1) is 11.0. The fraction of sp³-hybridized carbons (Fsp3) is 0.278. The van der Waals surface area contributed by atoms with Crippen molar-refractivity contribution in [2.75, 3.05) is 0 Å². The minimum absolute atomic E-state index is 0.0875. The average molecular weight is 247 g/mol. The zero-order chi connectivity index (χ0) is 13.2. The molecule has 2 aromatic rings. The summed E-state index contributed by atoms with van der Waals surface area (Å²) in [6, 6.07) is 15.2. The number of rotatable bonds is 1. The molecule has 1 unspecified atom stereocenters. The molecule has 1 heteroatoms. The molecular weight excluding hydrogens is 230 g/mol. The van der Waals surface area contributed by atoms with Crippen LogP contribution in [0.3, 0.4) is 0 Å². The predicted molar refractivity (Wildman–Crippen MR) is 79.6 cm³/mol. The normalized spacial score (nSPS) is 21.6. The molecule has 0 spiro atoms. The molecule has 4 rings (SSSR count). The highest BCUT2D eigenvalue weighted by atomic mass is 14.8. The second-order valence-corrected chi connectivity index (χ2v) is 6.13. The lowest BCUT2D eigenvalue weighted by atomic mass is 9.81. The van der Waals surface area contributed by atoms with Gasteiger partial charge in [-0.15, -0.1) is 0 Å². The minimum atomic E-state index is 0.0875. The second-order valence-electron chi connectivity index (χ2n) is 6.13. The number of aliphatic imine (C=N–C) groups is 1. The standard InChI is InChI=1S/C18H17N/c1-11-18(2,3)17-14(19-11)10-9-13-15(16(13)17)12-7-5-4-6-8-12/h4-10,15H,1-3H3. The van der Waals surface area contributed by atoms with Crippen molar-refractivity contribution in [3.05, 3.63) is 64.7 Å². The van der Waals surface area contributed by atoms with Gasteiger partial charge in [0.1, 0.15) is 0 Å². The van der Waals surface area contributed by atoms with E-state index >= 15 is 0 Å². The van der Waals surface area contributed by atoms with Gasteiger partial charge in [-0.1, -0.05) is 50.2 Å². The Morgan fingerprint density at radius 1 is 1.00 bits per heavy atom. The molecule has 1 atom stereocenters. The Labute approximate surface area is 114 Å². The number of benzene rings is 2. The molecule has 0 bridgehead atoms. The number of nitrogens with zero attached hydrogens (tertiary/aromatic N) is 1. The van der Waals surface area contributed by atoms with Crippen molar-refractivity contribution in [3.8, 4) is 0 Å². The molecule has 2 aromatic carbocycles. The van der Waals surface area contributed by atoms with Gasteiger partial charge in [0.15, 0.2) is 0 Å². The third-order valence-electron chi connectivity index (χ3n) is 4.72. The van der Waals surface area contributed by atoms with E-state index in [0.717, 1.165) is 0 Å². The van der Waals surface area contributed by atoms with Crippen molar-refractivity contribution in [1.29, 1.82) is 0 Å². The molecule has 94 valence electrons. The van der Waals surface area contributed by atoms with Crippen LogP contribution in [-0.4, -0.2) is 5.71 Å². The van der Waals surface area contributed by atoms with Crippen molar-refractivity contribution in [1.82, 2.24) is 0 Å². The average Bonchev–Trinajstić information content (AvgIpc) is 3.07. The Balaban J connectivity index is 1.87. The highest BCUT2D eigenvalue weighted by Gasteiger charge is 2.45. The van der Waals surface area contributed by atoms with Gasteiger partial charge in [0.05, 0.1) is 5.69 Å².